The molecule has 6 heteroatoms. The predicted octanol–water partition coefficient (Wildman–Crippen LogP) is 3.38. The van der Waals surface area contributed by atoms with Crippen molar-refractivity contribution in [3.8, 4) is 5.75 Å². The summed E-state index contributed by atoms with van der Waals surface area (Å²) in [5.74, 6) is 1.44. The van der Waals surface area contributed by atoms with Gasteiger partial charge in [-0.15, -0.1) is 0 Å². The van der Waals surface area contributed by atoms with Crippen molar-refractivity contribution >= 4 is 11.6 Å². The number of hydrogen-bond donors (Lipinski definition) is 1. The van der Waals surface area contributed by atoms with Crippen LogP contribution in [0.25, 0.3) is 5.65 Å². The Morgan fingerprint density at radius 1 is 1.21 bits per heavy atom. The number of rotatable bonds is 7. The SMILES string of the molecule is CCNCC1CCN(C(=O)c2cccc(OCc3cn4ccccc4n3)c2)CC1. The van der Waals surface area contributed by atoms with Crippen LogP contribution in [0.3, 0.4) is 0 Å². The Labute approximate surface area is 171 Å². The van der Waals surface area contributed by atoms with Crippen LogP contribution >= 0.6 is 0 Å². The third-order valence-electron chi connectivity index (χ3n) is 5.47. The fraction of sp³-hybridized carbons (Fsp3) is 0.391. The van der Waals surface area contributed by atoms with Crippen molar-refractivity contribution in [2.75, 3.05) is 26.2 Å². The fourth-order valence-corrected chi connectivity index (χ4v) is 3.80. The number of piperidine rings is 1. The Morgan fingerprint density at radius 2 is 2.07 bits per heavy atom. The van der Waals surface area contributed by atoms with E-state index >= 15 is 0 Å². The summed E-state index contributed by atoms with van der Waals surface area (Å²) < 4.78 is 7.88. The lowest BCUT2D eigenvalue weighted by atomic mass is 9.96. The molecule has 4 rings (SSSR count). The molecule has 1 aliphatic heterocycles. The van der Waals surface area contributed by atoms with Crippen LogP contribution in [0.2, 0.25) is 0 Å². The first-order valence-electron chi connectivity index (χ1n) is 10.4. The van der Waals surface area contributed by atoms with Crippen molar-refractivity contribution in [3.63, 3.8) is 0 Å². The van der Waals surface area contributed by atoms with Gasteiger partial charge in [0, 0.05) is 31.0 Å². The van der Waals surface area contributed by atoms with E-state index in [9.17, 15) is 4.79 Å². The van der Waals surface area contributed by atoms with Gasteiger partial charge in [0.2, 0.25) is 0 Å². The third-order valence-corrected chi connectivity index (χ3v) is 5.47. The molecular weight excluding hydrogens is 364 g/mol. The molecule has 1 saturated heterocycles. The summed E-state index contributed by atoms with van der Waals surface area (Å²) in [5, 5.41) is 3.41. The van der Waals surface area contributed by atoms with E-state index in [1.165, 1.54) is 0 Å². The molecule has 3 aromatic rings. The first kappa shape index (κ1) is 19.5. The second-order valence-corrected chi connectivity index (χ2v) is 7.56. The predicted molar refractivity (Wildman–Crippen MR) is 113 cm³/mol. The lowest BCUT2D eigenvalue weighted by Crippen LogP contribution is -2.40. The van der Waals surface area contributed by atoms with Crippen LogP contribution in [0.15, 0.2) is 54.9 Å². The van der Waals surface area contributed by atoms with Crippen molar-refractivity contribution < 1.29 is 9.53 Å². The molecule has 152 valence electrons. The topological polar surface area (TPSA) is 58.9 Å². The van der Waals surface area contributed by atoms with Gasteiger partial charge in [0.1, 0.15) is 18.0 Å². The smallest absolute Gasteiger partial charge is 0.253 e. The number of nitrogens with zero attached hydrogens (tertiary/aromatic N) is 3. The standard InChI is InChI=1S/C23H28N4O2/c1-2-24-15-18-9-12-26(13-10-18)23(28)19-6-5-7-21(14-19)29-17-20-16-27-11-4-3-8-22(27)25-20/h3-8,11,14,16,18,24H,2,9-10,12-13,15,17H2,1H3. The van der Waals surface area contributed by atoms with Gasteiger partial charge in [0.05, 0.1) is 5.69 Å². The lowest BCUT2D eigenvalue weighted by molar-refractivity contribution is 0.0690. The molecule has 1 aliphatic rings. The number of amides is 1. The van der Waals surface area contributed by atoms with Gasteiger partial charge in [-0.25, -0.2) is 4.98 Å². The summed E-state index contributed by atoms with van der Waals surface area (Å²) in [7, 11) is 0. The van der Waals surface area contributed by atoms with Gasteiger partial charge in [0.15, 0.2) is 0 Å². The van der Waals surface area contributed by atoms with Gasteiger partial charge in [-0.2, -0.15) is 0 Å². The van der Waals surface area contributed by atoms with Crippen LogP contribution < -0.4 is 10.1 Å². The summed E-state index contributed by atoms with van der Waals surface area (Å²) >= 11 is 0. The highest BCUT2D eigenvalue weighted by Crippen LogP contribution is 2.21. The lowest BCUT2D eigenvalue weighted by Gasteiger charge is -2.32. The first-order valence-corrected chi connectivity index (χ1v) is 10.4. The Bertz CT molecular complexity index is 927. The third kappa shape index (κ3) is 4.77. The normalized spacial score (nSPS) is 15.0. The van der Waals surface area contributed by atoms with E-state index in [0.717, 1.165) is 50.4 Å². The van der Waals surface area contributed by atoms with Crippen LogP contribution in [-0.2, 0) is 6.61 Å². The number of carbonyl (C=O) groups excluding carboxylic acids is 1. The maximum Gasteiger partial charge on any atom is 0.253 e. The molecular formula is C23H28N4O2. The monoisotopic (exact) mass is 392 g/mol. The fourth-order valence-electron chi connectivity index (χ4n) is 3.80. The van der Waals surface area contributed by atoms with E-state index in [-0.39, 0.29) is 5.91 Å². The van der Waals surface area contributed by atoms with Gasteiger partial charge in [-0.05, 0) is 62.2 Å². The van der Waals surface area contributed by atoms with Crippen LogP contribution in [0.5, 0.6) is 5.75 Å². The summed E-state index contributed by atoms with van der Waals surface area (Å²) in [6, 6.07) is 13.4. The average Bonchev–Trinajstić information content (AvgIpc) is 3.19. The number of benzene rings is 1. The van der Waals surface area contributed by atoms with E-state index in [1.807, 2.05) is 64.2 Å². The maximum atomic E-state index is 12.9. The molecule has 1 N–H and O–H groups in total. The number of carbonyl (C=O) groups is 1. The summed E-state index contributed by atoms with van der Waals surface area (Å²) in [5.41, 5.74) is 2.44. The van der Waals surface area contributed by atoms with E-state index in [1.54, 1.807) is 0 Å². The second kappa shape index (κ2) is 9.09. The van der Waals surface area contributed by atoms with Gasteiger partial charge in [-0.1, -0.05) is 19.1 Å². The molecule has 0 aliphatic carbocycles. The van der Waals surface area contributed by atoms with Crippen LogP contribution in [0, 0.1) is 5.92 Å². The molecule has 2 aromatic heterocycles. The molecule has 0 bridgehead atoms. The molecule has 0 saturated carbocycles. The van der Waals surface area contributed by atoms with Crippen LogP contribution in [0.1, 0.15) is 35.8 Å². The molecule has 29 heavy (non-hydrogen) atoms. The quantitative estimate of drug-likeness (QED) is 0.670. The Balaban J connectivity index is 1.35. The molecule has 3 heterocycles. The van der Waals surface area contributed by atoms with Gasteiger partial charge in [0.25, 0.3) is 5.91 Å². The molecule has 0 unspecified atom stereocenters. The van der Waals surface area contributed by atoms with Crippen molar-refractivity contribution in [2.24, 2.45) is 5.92 Å². The Kier molecular flexibility index (Phi) is 6.10. The average molecular weight is 393 g/mol. The van der Waals surface area contributed by atoms with Gasteiger partial charge >= 0.3 is 0 Å². The van der Waals surface area contributed by atoms with E-state index in [0.29, 0.717) is 23.8 Å². The van der Waals surface area contributed by atoms with Gasteiger partial charge in [-0.3, -0.25) is 4.79 Å². The Hall–Kier alpha value is -2.86. The highest BCUT2D eigenvalue weighted by atomic mass is 16.5. The number of nitrogens with one attached hydrogen (secondary N) is 1. The van der Waals surface area contributed by atoms with Crippen molar-refractivity contribution in [1.82, 2.24) is 19.6 Å². The zero-order valence-electron chi connectivity index (χ0n) is 16.9. The zero-order valence-corrected chi connectivity index (χ0v) is 16.9. The minimum absolute atomic E-state index is 0.0880. The largest absolute Gasteiger partial charge is 0.487 e. The summed E-state index contributed by atoms with van der Waals surface area (Å²) in [4.78, 5) is 19.4. The number of fused-ring (bicyclic) bond motifs is 1. The van der Waals surface area contributed by atoms with Crippen molar-refractivity contribution in [2.45, 2.75) is 26.4 Å². The van der Waals surface area contributed by atoms with E-state index in [4.69, 9.17) is 4.74 Å². The highest BCUT2D eigenvalue weighted by molar-refractivity contribution is 5.94. The number of aromatic nitrogens is 2. The first-order chi connectivity index (χ1) is 14.2. The number of ether oxygens (including phenoxy) is 1. The number of hydrogen-bond acceptors (Lipinski definition) is 4. The van der Waals surface area contributed by atoms with Crippen molar-refractivity contribution in [3.05, 3.63) is 66.1 Å². The van der Waals surface area contributed by atoms with Crippen LogP contribution in [-0.4, -0.2) is 46.4 Å². The number of pyridine rings is 1. The summed E-state index contributed by atoms with van der Waals surface area (Å²) in [6.07, 6.45) is 6.04. The van der Waals surface area contributed by atoms with Gasteiger partial charge < -0.3 is 19.4 Å². The molecule has 6 nitrogen and oxygen atoms in total. The Morgan fingerprint density at radius 3 is 2.86 bits per heavy atom. The minimum atomic E-state index is 0.0880. The minimum Gasteiger partial charge on any atom is -0.487 e. The zero-order chi connectivity index (χ0) is 20.1. The molecule has 1 fully saturated rings. The maximum absolute atomic E-state index is 12.9. The number of likely N-dealkylation sites (tertiary alicyclic amines) is 1. The van der Waals surface area contributed by atoms with E-state index < -0.39 is 0 Å². The molecule has 1 aromatic carbocycles. The van der Waals surface area contributed by atoms with E-state index in [2.05, 4.69) is 17.2 Å². The molecule has 1 amide bonds. The number of imidazole rings is 1. The molecule has 0 spiro atoms. The molecule has 0 radical (unpaired) electrons. The molecule has 0 atom stereocenters. The second-order valence-electron chi connectivity index (χ2n) is 7.56. The highest BCUT2D eigenvalue weighted by Gasteiger charge is 2.23. The van der Waals surface area contributed by atoms with Crippen molar-refractivity contribution in [1.29, 1.82) is 0 Å². The summed E-state index contributed by atoms with van der Waals surface area (Å²) in [6.45, 7) is 6.19. The van der Waals surface area contributed by atoms with Crippen LogP contribution in [0.4, 0.5) is 0 Å².